The zero-order valence-electron chi connectivity index (χ0n) is 26.9. The molecular formula is C32H70O4P2Ti. The summed E-state index contributed by atoms with van der Waals surface area (Å²) in [6.07, 6.45) is 34.3. The first-order valence-electron chi connectivity index (χ1n) is 17.3. The summed E-state index contributed by atoms with van der Waals surface area (Å²) in [7, 11) is -1.61. The van der Waals surface area contributed by atoms with Gasteiger partial charge in [0, 0.05) is 0 Å². The van der Waals surface area contributed by atoms with Crippen LogP contribution in [0.1, 0.15) is 182 Å². The average Bonchev–Trinajstić information content (AvgIpc) is 2.91. The van der Waals surface area contributed by atoms with E-state index in [-0.39, 0.29) is 0 Å². The Kier molecular flexibility index (Phi) is 32.0. The molecule has 0 aliphatic heterocycles. The fourth-order valence-corrected chi connectivity index (χ4v) is 14.3. The Morgan fingerprint density at radius 1 is 0.359 bits per heavy atom. The van der Waals surface area contributed by atoms with Gasteiger partial charge in [-0.05, 0) is 0 Å². The Morgan fingerprint density at radius 2 is 0.564 bits per heavy atom. The van der Waals surface area contributed by atoms with E-state index in [1.807, 2.05) is 0 Å². The zero-order chi connectivity index (χ0) is 28.9. The number of rotatable bonds is 32. The predicted molar refractivity (Wildman–Crippen MR) is 173 cm³/mol. The van der Waals surface area contributed by atoms with Crippen LogP contribution in [-0.2, 0) is 24.4 Å². The van der Waals surface area contributed by atoms with Crippen LogP contribution in [0.25, 0.3) is 0 Å². The molecule has 0 radical (unpaired) electrons. The molecule has 236 valence electrons. The molecule has 39 heavy (non-hydrogen) atoms. The summed E-state index contributed by atoms with van der Waals surface area (Å²) < 4.78 is 34.6. The van der Waals surface area contributed by atoms with Crippen molar-refractivity contribution in [2.45, 2.75) is 182 Å². The SMILES string of the molecule is CCCCCCCCP(CCCCCCCC)[O][Ti]([OH])([OH])[O]P(CCCCCCCC)CCCCCCCC. The van der Waals surface area contributed by atoms with Crippen molar-refractivity contribution in [1.82, 2.24) is 0 Å². The van der Waals surface area contributed by atoms with Gasteiger partial charge in [-0.1, -0.05) is 0 Å². The quantitative estimate of drug-likeness (QED) is 0.0442. The van der Waals surface area contributed by atoms with E-state index in [9.17, 15) is 7.38 Å². The second-order valence-corrected chi connectivity index (χ2v) is 19.2. The molecule has 0 aliphatic carbocycles. The van der Waals surface area contributed by atoms with Gasteiger partial charge in [0.2, 0.25) is 0 Å². The molecule has 0 spiro atoms. The first kappa shape index (κ1) is 40.4. The summed E-state index contributed by atoms with van der Waals surface area (Å²) in [5.74, 6) is 0. The van der Waals surface area contributed by atoms with Crippen molar-refractivity contribution in [2.75, 3.05) is 24.6 Å². The molecule has 0 aromatic rings. The summed E-state index contributed by atoms with van der Waals surface area (Å²) in [5.41, 5.74) is 0. The van der Waals surface area contributed by atoms with Crippen LogP contribution < -0.4 is 0 Å². The number of hydrogen-bond acceptors (Lipinski definition) is 4. The van der Waals surface area contributed by atoms with Gasteiger partial charge >= 0.3 is 254 Å². The zero-order valence-corrected chi connectivity index (χ0v) is 30.3. The van der Waals surface area contributed by atoms with Gasteiger partial charge in [0.15, 0.2) is 0 Å². The van der Waals surface area contributed by atoms with Crippen molar-refractivity contribution in [2.24, 2.45) is 0 Å². The van der Waals surface area contributed by atoms with Gasteiger partial charge in [0.25, 0.3) is 0 Å². The summed E-state index contributed by atoms with van der Waals surface area (Å²) in [4.78, 5) is 0. The van der Waals surface area contributed by atoms with E-state index >= 15 is 0 Å². The third kappa shape index (κ3) is 29.3. The van der Waals surface area contributed by atoms with E-state index < -0.39 is 34.4 Å². The Labute approximate surface area is 253 Å². The fraction of sp³-hybridized carbons (Fsp3) is 1.00. The van der Waals surface area contributed by atoms with Crippen molar-refractivity contribution in [3.8, 4) is 0 Å². The summed E-state index contributed by atoms with van der Waals surface area (Å²) in [5, 5.41) is 0. The van der Waals surface area contributed by atoms with Crippen LogP contribution in [0, 0.1) is 0 Å². The number of hydrogen-bond donors (Lipinski definition) is 2. The summed E-state index contributed by atoms with van der Waals surface area (Å²) >= 11 is -4.68. The molecule has 0 saturated carbocycles. The van der Waals surface area contributed by atoms with Crippen LogP contribution >= 0.6 is 16.3 Å². The molecule has 0 heterocycles. The van der Waals surface area contributed by atoms with Gasteiger partial charge in [-0.3, -0.25) is 0 Å². The van der Waals surface area contributed by atoms with E-state index in [0.717, 1.165) is 50.3 Å². The van der Waals surface area contributed by atoms with Crippen molar-refractivity contribution in [3.05, 3.63) is 0 Å². The molecule has 0 bridgehead atoms. The van der Waals surface area contributed by atoms with Crippen LogP contribution in [0.4, 0.5) is 0 Å². The first-order valence-corrected chi connectivity index (χ1v) is 23.2. The molecule has 2 N–H and O–H groups in total. The molecule has 4 nitrogen and oxygen atoms in total. The van der Waals surface area contributed by atoms with Crippen molar-refractivity contribution < 1.29 is 31.7 Å². The normalized spacial score (nSPS) is 12.3. The van der Waals surface area contributed by atoms with E-state index in [2.05, 4.69) is 27.7 Å². The molecule has 0 fully saturated rings. The Morgan fingerprint density at radius 3 is 0.795 bits per heavy atom. The van der Waals surface area contributed by atoms with Crippen LogP contribution in [0.3, 0.4) is 0 Å². The van der Waals surface area contributed by atoms with E-state index in [1.165, 1.54) is 128 Å². The van der Waals surface area contributed by atoms with E-state index in [0.29, 0.717) is 0 Å². The molecule has 7 heteroatoms. The molecule has 0 atom stereocenters. The number of unbranched alkanes of at least 4 members (excludes halogenated alkanes) is 20. The molecular weight excluding hydrogens is 558 g/mol. The Bertz CT molecular complexity index is 413. The third-order valence-corrected chi connectivity index (χ3v) is 16.4. The second-order valence-electron chi connectivity index (χ2n) is 11.7. The topological polar surface area (TPSA) is 58.9 Å². The maximum atomic E-state index is 11.1. The van der Waals surface area contributed by atoms with Gasteiger partial charge in [-0.25, -0.2) is 0 Å². The first-order chi connectivity index (χ1) is 19.0. The van der Waals surface area contributed by atoms with Crippen molar-refractivity contribution in [3.63, 3.8) is 0 Å². The second kappa shape index (κ2) is 30.9. The molecule has 0 aliphatic rings. The van der Waals surface area contributed by atoms with Crippen LogP contribution in [-0.4, -0.2) is 32.0 Å². The van der Waals surface area contributed by atoms with Gasteiger partial charge in [0.05, 0.1) is 0 Å². The van der Waals surface area contributed by atoms with Crippen LogP contribution in [0.15, 0.2) is 0 Å². The minimum atomic E-state index is -4.68. The maximum absolute atomic E-state index is 11.1. The van der Waals surface area contributed by atoms with Gasteiger partial charge in [0.1, 0.15) is 0 Å². The monoisotopic (exact) mass is 628 g/mol. The minimum absolute atomic E-state index is 0.805. The van der Waals surface area contributed by atoms with E-state index in [1.54, 1.807) is 0 Å². The van der Waals surface area contributed by atoms with Crippen LogP contribution in [0.2, 0.25) is 0 Å². The average molecular weight is 629 g/mol. The fourth-order valence-electron chi connectivity index (χ4n) is 5.03. The molecule has 0 rings (SSSR count). The Balaban J connectivity index is 4.83. The summed E-state index contributed by atoms with van der Waals surface area (Å²) in [6.45, 7) is 9.04. The molecule has 0 aromatic carbocycles. The van der Waals surface area contributed by atoms with Crippen molar-refractivity contribution in [1.29, 1.82) is 0 Å². The third-order valence-electron chi connectivity index (χ3n) is 7.54. The molecule has 0 unspecified atom stereocenters. The molecule has 0 amide bonds. The Hall–Kier alpha value is 1.41. The van der Waals surface area contributed by atoms with Gasteiger partial charge in [-0.2, -0.15) is 0 Å². The van der Waals surface area contributed by atoms with Crippen LogP contribution in [0.5, 0.6) is 0 Å². The van der Waals surface area contributed by atoms with Gasteiger partial charge < -0.3 is 0 Å². The molecule has 0 saturated heterocycles. The standard InChI is InChI=1S/2C16H34OP.2H2O.Ti/c2*1-3-5-7-9-11-13-15-18(17)16-14-12-10-8-6-4-2;;;/h2*3-16H2,1-2H3;2*1H2;/q2*-1;;;+4/p-2. The summed E-state index contributed by atoms with van der Waals surface area (Å²) in [6, 6.07) is 0. The molecule has 0 aromatic heterocycles. The van der Waals surface area contributed by atoms with E-state index in [4.69, 9.17) is 6.21 Å². The van der Waals surface area contributed by atoms with Gasteiger partial charge in [-0.15, -0.1) is 0 Å². The van der Waals surface area contributed by atoms with Crippen molar-refractivity contribution >= 4 is 16.3 Å². The predicted octanol–water partition coefficient (Wildman–Crippen LogP) is 12.1.